The van der Waals surface area contributed by atoms with Gasteiger partial charge < -0.3 is 15.4 Å². The van der Waals surface area contributed by atoms with Crippen molar-refractivity contribution >= 4 is 28.9 Å². The maximum absolute atomic E-state index is 6.05. The van der Waals surface area contributed by atoms with Gasteiger partial charge in [-0.05, 0) is 24.6 Å². The van der Waals surface area contributed by atoms with Gasteiger partial charge in [0.1, 0.15) is 0 Å². The van der Waals surface area contributed by atoms with Crippen molar-refractivity contribution in [1.82, 2.24) is 15.6 Å². The summed E-state index contributed by atoms with van der Waals surface area (Å²) in [6, 6.07) is 7.69. The number of thiazole rings is 1. The highest BCUT2D eigenvalue weighted by atomic mass is 35.5. The lowest BCUT2D eigenvalue weighted by Crippen LogP contribution is -2.40. The first-order valence-corrected chi connectivity index (χ1v) is 8.96. The normalized spacial score (nSPS) is 12.9. The highest BCUT2D eigenvalue weighted by Crippen LogP contribution is 2.19. The second-order valence-electron chi connectivity index (χ2n) is 5.27. The molecular weight excluding hydrogens is 344 g/mol. The number of nitrogens with one attached hydrogen (secondary N) is 2. The van der Waals surface area contributed by atoms with E-state index in [0.29, 0.717) is 11.6 Å². The number of halogens is 1. The summed E-state index contributed by atoms with van der Waals surface area (Å²) in [7, 11) is 3.44. The molecule has 1 atom stereocenters. The van der Waals surface area contributed by atoms with Crippen LogP contribution in [-0.2, 0) is 11.2 Å². The summed E-state index contributed by atoms with van der Waals surface area (Å²) in [6.07, 6.45) is 2.69. The number of aromatic nitrogens is 1. The third-order valence-electron chi connectivity index (χ3n) is 3.48. The number of methoxy groups -OCH3 is 1. The third-order valence-corrected chi connectivity index (χ3v) is 4.69. The topological polar surface area (TPSA) is 58.5 Å². The Balaban J connectivity index is 1.81. The molecule has 0 aliphatic heterocycles. The summed E-state index contributed by atoms with van der Waals surface area (Å²) in [5.41, 5.74) is 1.03. The molecule has 130 valence electrons. The fourth-order valence-corrected chi connectivity index (χ4v) is 3.24. The number of aliphatic imine (C=N–C) groups is 1. The molecule has 1 heterocycles. The molecule has 24 heavy (non-hydrogen) atoms. The van der Waals surface area contributed by atoms with Gasteiger partial charge in [-0.3, -0.25) is 4.99 Å². The van der Waals surface area contributed by atoms with E-state index in [0.717, 1.165) is 29.5 Å². The Morgan fingerprint density at radius 1 is 1.42 bits per heavy atom. The van der Waals surface area contributed by atoms with E-state index in [4.69, 9.17) is 16.3 Å². The molecule has 0 saturated carbocycles. The van der Waals surface area contributed by atoms with E-state index in [1.165, 1.54) is 4.88 Å². The van der Waals surface area contributed by atoms with Crippen LogP contribution in [0.2, 0.25) is 5.02 Å². The second-order valence-corrected chi connectivity index (χ2v) is 7.03. The minimum atomic E-state index is -0.0936. The number of hydrogen-bond donors (Lipinski definition) is 2. The van der Waals surface area contributed by atoms with Crippen LogP contribution >= 0.6 is 22.9 Å². The molecule has 2 rings (SSSR count). The lowest BCUT2D eigenvalue weighted by atomic mass is 10.1. The van der Waals surface area contributed by atoms with Gasteiger partial charge in [-0.2, -0.15) is 0 Å². The summed E-state index contributed by atoms with van der Waals surface area (Å²) >= 11 is 7.77. The SMILES string of the molecule is CN=C(NCCc1ncc(C)s1)NCC(OC)c1cccc(Cl)c1. The van der Waals surface area contributed by atoms with E-state index >= 15 is 0 Å². The van der Waals surface area contributed by atoms with Crippen molar-refractivity contribution in [2.45, 2.75) is 19.4 Å². The van der Waals surface area contributed by atoms with Crippen LogP contribution in [0.1, 0.15) is 21.6 Å². The zero-order valence-electron chi connectivity index (χ0n) is 14.2. The molecule has 0 spiro atoms. The van der Waals surface area contributed by atoms with Gasteiger partial charge in [-0.1, -0.05) is 23.7 Å². The van der Waals surface area contributed by atoms with Gasteiger partial charge in [-0.15, -0.1) is 11.3 Å². The molecule has 0 amide bonds. The zero-order valence-corrected chi connectivity index (χ0v) is 15.7. The highest BCUT2D eigenvalue weighted by Gasteiger charge is 2.11. The van der Waals surface area contributed by atoms with E-state index in [-0.39, 0.29) is 6.10 Å². The van der Waals surface area contributed by atoms with E-state index in [1.54, 1.807) is 25.5 Å². The number of rotatable bonds is 7. The van der Waals surface area contributed by atoms with Crippen LogP contribution in [0.4, 0.5) is 0 Å². The standard InChI is InChI=1S/C17H23ClN4OS/c1-12-10-21-16(24-12)7-8-20-17(19-2)22-11-15(23-3)13-5-4-6-14(18)9-13/h4-6,9-10,15H,7-8,11H2,1-3H3,(H2,19,20,22). The van der Waals surface area contributed by atoms with Crippen molar-refractivity contribution in [2.24, 2.45) is 4.99 Å². The molecule has 0 aliphatic rings. The molecule has 0 fully saturated rings. The molecule has 1 aromatic heterocycles. The van der Waals surface area contributed by atoms with Crippen molar-refractivity contribution in [3.63, 3.8) is 0 Å². The van der Waals surface area contributed by atoms with Crippen LogP contribution in [0.3, 0.4) is 0 Å². The average molecular weight is 367 g/mol. The van der Waals surface area contributed by atoms with Gasteiger partial charge in [0.2, 0.25) is 0 Å². The molecule has 5 nitrogen and oxygen atoms in total. The number of benzene rings is 1. The van der Waals surface area contributed by atoms with E-state index in [2.05, 4.69) is 27.5 Å². The van der Waals surface area contributed by atoms with Gasteiger partial charge >= 0.3 is 0 Å². The number of nitrogens with zero attached hydrogens (tertiary/aromatic N) is 2. The van der Waals surface area contributed by atoms with Crippen LogP contribution < -0.4 is 10.6 Å². The summed E-state index contributed by atoms with van der Waals surface area (Å²) in [6.45, 7) is 3.45. The Hall–Kier alpha value is -1.63. The largest absolute Gasteiger partial charge is 0.375 e. The average Bonchev–Trinajstić information content (AvgIpc) is 2.99. The molecule has 1 unspecified atom stereocenters. The Labute approximate surface area is 152 Å². The van der Waals surface area contributed by atoms with E-state index in [9.17, 15) is 0 Å². The fourth-order valence-electron chi connectivity index (χ4n) is 2.26. The van der Waals surface area contributed by atoms with Gasteiger partial charge in [0.15, 0.2) is 5.96 Å². The smallest absolute Gasteiger partial charge is 0.191 e. The Morgan fingerprint density at radius 2 is 2.25 bits per heavy atom. The van der Waals surface area contributed by atoms with Gasteiger partial charge in [0.25, 0.3) is 0 Å². The number of hydrogen-bond acceptors (Lipinski definition) is 4. The molecule has 0 radical (unpaired) electrons. The van der Waals surface area contributed by atoms with Gasteiger partial charge in [0.05, 0.1) is 11.1 Å². The third kappa shape index (κ3) is 5.78. The minimum absolute atomic E-state index is 0.0936. The number of aryl methyl sites for hydroxylation is 1. The zero-order chi connectivity index (χ0) is 17.4. The van der Waals surface area contributed by atoms with Crippen LogP contribution in [-0.4, -0.2) is 38.2 Å². The molecule has 0 aliphatic carbocycles. The quantitative estimate of drug-likeness (QED) is 0.583. The minimum Gasteiger partial charge on any atom is -0.375 e. The molecule has 2 aromatic rings. The van der Waals surface area contributed by atoms with Crippen molar-refractivity contribution in [2.75, 3.05) is 27.2 Å². The van der Waals surface area contributed by atoms with E-state index in [1.807, 2.05) is 30.5 Å². The summed E-state index contributed by atoms with van der Waals surface area (Å²) in [5, 5.41) is 8.41. The summed E-state index contributed by atoms with van der Waals surface area (Å²) < 4.78 is 5.55. The van der Waals surface area contributed by atoms with Gasteiger partial charge in [0, 0.05) is 49.8 Å². The molecule has 1 aromatic carbocycles. The maximum atomic E-state index is 6.05. The monoisotopic (exact) mass is 366 g/mol. The predicted molar refractivity (Wildman–Crippen MR) is 101 cm³/mol. The Morgan fingerprint density at radius 3 is 2.88 bits per heavy atom. The maximum Gasteiger partial charge on any atom is 0.191 e. The number of guanidine groups is 1. The van der Waals surface area contributed by atoms with Crippen molar-refractivity contribution in [1.29, 1.82) is 0 Å². The van der Waals surface area contributed by atoms with Crippen LogP contribution in [0, 0.1) is 6.92 Å². The highest BCUT2D eigenvalue weighted by molar-refractivity contribution is 7.11. The van der Waals surface area contributed by atoms with Crippen LogP contribution in [0.25, 0.3) is 0 Å². The molecule has 0 saturated heterocycles. The fraction of sp³-hybridized carbons (Fsp3) is 0.412. The van der Waals surface area contributed by atoms with Gasteiger partial charge in [-0.25, -0.2) is 4.98 Å². The van der Waals surface area contributed by atoms with Crippen molar-refractivity contribution in [3.05, 3.63) is 50.9 Å². The van der Waals surface area contributed by atoms with E-state index < -0.39 is 0 Å². The summed E-state index contributed by atoms with van der Waals surface area (Å²) in [5.74, 6) is 0.743. The predicted octanol–water partition coefficient (Wildman–Crippen LogP) is 3.20. The second kappa shape index (κ2) is 9.61. The van der Waals surface area contributed by atoms with Crippen LogP contribution in [0.15, 0.2) is 35.5 Å². The first kappa shape index (κ1) is 18.7. The lowest BCUT2D eigenvalue weighted by Gasteiger charge is -2.19. The van der Waals surface area contributed by atoms with Crippen LogP contribution in [0.5, 0.6) is 0 Å². The Kier molecular flexibility index (Phi) is 7.49. The first-order valence-electron chi connectivity index (χ1n) is 7.76. The molecule has 7 heteroatoms. The van der Waals surface area contributed by atoms with Crippen molar-refractivity contribution < 1.29 is 4.74 Å². The first-order chi connectivity index (χ1) is 11.6. The lowest BCUT2D eigenvalue weighted by molar-refractivity contribution is 0.106. The Bertz CT molecular complexity index is 674. The molecule has 0 bridgehead atoms. The number of ether oxygens (including phenoxy) is 1. The molecule has 2 N–H and O–H groups in total. The summed E-state index contributed by atoms with van der Waals surface area (Å²) in [4.78, 5) is 9.83. The van der Waals surface area contributed by atoms with Crippen molar-refractivity contribution in [3.8, 4) is 0 Å². The molecular formula is C17H23ClN4OS.